The molecule has 1 saturated carbocycles. The first kappa shape index (κ1) is 45.0. The molecule has 3 amide bonds. The Morgan fingerprint density at radius 2 is 1.72 bits per heavy atom. The Bertz CT molecular complexity index is 2380. The first-order valence-electron chi connectivity index (χ1n) is 21.6. The van der Waals surface area contributed by atoms with E-state index in [1.54, 1.807) is 41.6 Å². The van der Waals surface area contributed by atoms with Crippen molar-refractivity contribution >= 4 is 41.0 Å². The van der Waals surface area contributed by atoms with Crippen LogP contribution in [0.15, 0.2) is 60.9 Å². The van der Waals surface area contributed by atoms with Crippen LogP contribution in [0.4, 0.5) is 29.5 Å². The van der Waals surface area contributed by atoms with E-state index in [-0.39, 0.29) is 63.3 Å². The predicted molar refractivity (Wildman–Crippen MR) is 234 cm³/mol. The first-order valence-corrected chi connectivity index (χ1v) is 22.0. The van der Waals surface area contributed by atoms with Gasteiger partial charge in [0, 0.05) is 61.5 Å². The Kier molecular flexibility index (Phi) is 12.3. The SMILES string of the molecule is COC(=O)N[C@H](C(=O)N1C[C@@H](C)C[C@H]1c1ncc(-c2ccc(-c3cc(Cl)c(NC4OC4c4ccc(N5CCN(C(=O)[C@H]6CC6(C)C)C[C@H]5C)nc4)cc3OC(F)(F)F)cc2)[nH]1)C(C)C. The van der Waals surface area contributed by atoms with Gasteiger partial charge in [0.25, 0.3) is 0 Å². The normalized spacial score (nSPS) is 24.3. The van der Waals surface area contributed by atoms with Gasteiger partial charge >= 0.3 is 12.5 Å². The van der Waals surface area contributed by atoms with E-state index in [9.17, 15) is 27.6 Å². The Morgan fingerprint density at radius 3 is 2.34 bits per heavy atom. The molecular weight excluding hydrogens is 853 g/mol. The van der Waals surface area contributed by atoms with Gasteiger partial charge in [-0.1, -0.05) is 76.6 Å². The number of imidazole rings is 1. The summed E-state index contributed by atoms with van der Waals surface area (Å²) in [5.41, 5.74) is 2.99. The van der Waals surface area contributed by atoms with E-state index in [2.05, 4.69) is 51.0 Å². The monoisotopic (exact) mass is 906 g/mol. The minimum absolute atomic E-state index is 0.0843. The number of rotatable bonds is 12. The molecule has 1 aliphatic carbocycles. The molecule has 8 rings (SSSR count). The number of hydrogen-bond donors (Lipinski definition) is 3. The van der Waals surface area contributed by atoms with Gasteiger partial charge in [-0.25, -0.2) is 14.8 Å². The highest BCUT2D eigenvalue weighted by atomic mass is 35.5. The van der Waals surface area contributed by atoms with Crippen LogP contribution in [0, 0.1) is 23.2 Å². The Hall–Kier alpha value is -5.55. The fourth-order valence-electron chi connectivity index (χ4n) is 8.98. The van der Waals surface area contributed by atoms with Crippen molar-refractivity contribution in [1.82, 2.24) is 30.1 Å². The number of anilines is 2. The van der Waals surface area contributed by atoms with E-state index in [1.165, 1.54) is 19.2 Å². The number of nitrogens with zero attached hydrogens (tertiary/aromatic N) is 5. The molecule has 3 saturated heterocycles. The molecule has 7 atom stereocenters. The van der Waals surface area contributed by atoms with Gasteiger partial charge in [0.15, 0.2) is 6.23 Å². The zero-order chi connectivity index (χ0) is 45.8. The van der Waals surface area contributed by atoms with Crippen LogP contribution in [-0.4, -0.2) is 101 Å². The summed E-state index contributed by atoms with van der Waals surface area (Å²) >= 11 is 6.71. The van der Waals surface area contributed by atoms with Gasteiger partial charge in [-0.2, -0.15) is 0 Å². The summed E-state index contributed by atoms with van der Waals surface area (Å²) in [6.45, 7) is 14.5. The van der Waals surface area contributed by atoms with Crippen LogP contribution in [0.5, 0.6) is 5.75 Å². The summed E-state index contributed by atoms with van der Waals surface area (Å²) in [5, 5.41) is 5.93. The van der Waals surface area contributed by atoms with Crippen molar-refractivity contribution in [3.8, 4) is 28.1 Å². The molecule has 4 aliphatic rings. The lowest BCUT2D eigenvalue weighted by Crippen LogP contribution is -2.54. The number of halogens is 4. The fraction of sp³-hybridized carbons (Fsp3) is 0.500. The molecule has 2 aromatic carbocycles. The van der Waals surface area contributed by atoms with E-state index in [0.29, 0.717) is 55.2 Å². The molecule has 2 aromatic heterocycles. The third kappa shape index (κ3) is 9.60. The van der Waals surface area contributed by atoms with Gasteiger partial charge in [-0.15, -0.1) is 13.2 Å². The highest BCUT2D eigenvalue weighted by Gasteiger charge is 2.52. The van der Waals surface area contributed by atoms with Gasteiger partial charge in [-0.3, -0.25) is 9.59 Å². The van der Waals surface area contributed by atoms with Crippen LogP contribution in [0.1, 0.15) is 77.9 Å². The molecule has 18 heteroatoms. The van der Waals surface area contributed by atoms with Crippen LogP contribution >= 0.6 is 11.6 Å². The number of benzene rings is 2. The highest BCUT2D eigenvalue weighted by Crippen LogP contribution is 2.52. The number of aromatic nitrogens is 3. The zero-order valence-electron chi connectivity index (χ0n) is 36.8. The summed E-state index contributed by atoms with van der Waals surface area (Å²) in [6, 6.07) is 12.3. The van der Waals surface area contributed by atoms with Crippen molar-refractivity contribution in [3.05, 3.63) is 77.3 Å². The quantitative estimate of drug-likeness (QED) is 0.118. The molecule has 0 spiro atoms. The Balaban J connectivity index is 0.927. The van der Waals surface area contributed by atoms with E-state index in [1.807, 2.05) is 37.8 Å². The lowest BCUT2D eigenvalue weighted by molar-refractivity contribution is -0.274. The number of methoxy groups -OCH3 is 1. The second-order valence-corrected chi connectivity index (χ2v) is 18.9. The van der Waals surface area contributed by atoms with Crippen molar-refractivity contribution in [1.29, 1.82) is 0 Å². The predicted octanol–water partition coefficient (Wildman–Crippen LogP) is 8.57. The number of likely N-dealkylation sites (tertiary alicyclic amines) is 1. The third-order valence-corrected chi connectivity index (χ3v) is 13.1. The molecule has 0 bridgehead atoms. The molecule has 3 aliphatic heterocycles. The van der Waals surface area contributed by atoms with Gasteiger partial charge in [-0.05, 0) is 60.3 Å². The second kappa shape index (κ2) is 17.4. The molecule has 3 N–H and O–H groups in total. The van der Waals surface area contributed by atoms with Crippen molar-refractivity contribution in [2.24, 2.45) is 23.2 Å². The number of hydrogen-bond acceptors (Lipinski definition) is 10. The lowest BCUT2D eigenvalue weighted by Gasteiger charge is -2.41. The smallest absolute Gasteiger partial charge is 0.453 e. The van der Waals surface area contributed by atoms with Crippen molar-refractivity contribution in [2.75, 3.05) is 43.5 Å². The highest BCUT2D eigenvalue weighted by molar-refractivity contribution is 6.33. The fourth-order valence-corrected chi connectivity index (χ4v) is 9.20. The standard InChI is InChI=1S/C46H54ClF3N8O6/c1-24(2)38(55-44(61)62-7)43(60)58-22-25(3)16-35(58)40-52-21-34(53-40)28-10-8-27(9-11-28)30-17-32(47)33(18-36(30)64-46(48,49)50)54-41-39(63-41)29-12-13-37(51-20-29)57-15-14-56(23-26(57)4)42(59)31-19-45(31,5)6/h8-13,17-18,20-21,24-26,31,35,38-39,41,54H,14-16,19,22-23H2,1-7H3,(H,52,53)(H,55,61)/t25-,26+,31+,35-,38-,39?,41?/m0/s1. The first-order chi connectivity index (χ1) is 30.3. The Morgan fingerprint density at radius 1 is 1.00 bits per heavy atom. The van der Waals surface area contributed by atoms with Gasteiger partial charge < -0.3 is 44.5 Å². The van der Waals surface area contributed by atoms with E-state index in [4.69, 9.17) is 26.1 Å². The number of amides is 3. The summed E-state index contributed by atoms with van der Waals surface area (Å²) in [7, 11) is 1.25. The number of alkyl halides is 3. The molecule has 5 heterocycles. The van der Waals surface area contributed by atoms with Crippen LogP contribution in [0.2, 0.25) is 5.02 Å². The number of alkyl carbamates (subject to hydrolysis) is 1. The van der Waals surface area contributed by atoms with Crippen molar-refractivity contribution < 1.29 is 41.8 Å². The average molecular weight is 907 g/mol. The van der Waals surface area contributed by atoms with E-state index in [0.717, 1.165) is 17.8 Å². The van der Waals surface area contributed by atoms with Crippen LogP contribution in [-0.2, 0) is 19.1 Å². The average Bonchev–Trinajstić information content (AvgIpc) is 4.00. The second-order valence-electron chi connectivity index (χ2n) is 18.5. The van der Waals surface area contributed by atoms with Gasteiger partial charge in [0.1, 0.15) is 29.5 Å². The van der Waals surface area contributed by atoms with Crippen LogP contribution in [0.3, 0.4) is 0 Å². The number of carbonyl (C=O) groups excluding carboxylic acids is 3. The van der Waals surface area contributed by atoms with Crippen LogP contribution < -0.4 is 20.3 Å². The third-order valence-electron chi connectivity index (χ3n) is 12.8. The molecule has 4 aromatic rings. The topological polar surface area (TPSA) is 158 Å². The summed E-state index contributed by atoms with van der Waals surface area (Å²) < 4.78 is 56.6. The summed E-state index contributed by atoms with van der Waals surface area (Å²) in [5.74, 6) is 1.03. The molecule has 64 heavy (non-hydrogen) atoms. The number of pyridine rings is 1. The molecule has 0 radical (unpaired) electrons. The van der Waals surface area contributed by atoms with Gasteiger partial charge in [0.05, 0.1) is 35.8 Å². The molecule has 2 unspecified atom stereocenters. The molecule has 342 valence electrons. The van der Waals surface area contributed by atoms with Crippen molar-refractivity contribution in [3.63, 3.8) is 0 Å². The largest absolute Gasteiger partial charge is 0.573 e. The maximum absolute atomic E-state index is 13.8. The number of aromatic amines is 1. The number of H-pyrrole nitrogens is 1. The number of epoxide rings is 1. The molecule has 14 nitrogen and oxygen atoms in total. The number of piperazine rings is 1. The minimum Gasteiger partial charge on any atom is -0.453 e. The lowest BCUT2D eigenvalue weighted by atomic mass is 10.0. The van der Waals surface area contributed by atoms with E-state index < -0.39 is 36.6 Å². The van der Waals surface area contributed by atoms with Gasteiger partial charge in [0.2, 0.25) is 11.8 Å². The number of nitrogens with one attached hydrogen (secondary N) is 3. The maximum atomic E-state index is 13.8. The number of carbonyl (C=O) groups is 3. The van der Waals surface area contributed by atoms with Crippen molar-refractivity contribution in [2.45, 2.75) is 91.2 Å². The Labute approximate surface area is 375 Å². The summed E-state index contributed by atoms with van der Waals surface area (Å²) in [6.07, 6.45) is -1.67. The summed E-state index contributed by atoms with van der Waals surface area (Å²) in [4.78, 5) is 57.3. The minimum atomic E-state index is -4.98. The molecule has 4 fully saturated rings. The molecular formula is C46H54ClF3N8O6. The van der Waals surface area contributed by atoms with E-state index >= 15 is 0 Å². The number of ether oxygens (including phenoxy) is 3. The maximum Gasteiger partial charge on any atom is 0.573 e. The van der Waals surface area contributed by atoms with Crippen LogP contribution in [0.25, 0.3) is 22.4 Å². The zero-order valence-corrected chi connectivity index (χ0v) is 37.6.